The predicted molar refractivity (Wildman–Crippen MR) is 226 cm³/mol. The van der Waals surface area contributed by atoms with E-state index >= 15 is 0 Å². The summed E-state index contributed by atoms with van der Waals surface area (Å²) in [4.78, 5) is 26.1. The monoisotopic (exact) mass is 823 g/mol. The van der Waals surface area contributed by atoms with Crippen molar-refractivity contribution in [2.75, 3.05) is 39.4 Å². The normalized spacial score (nSPS) is 18.3. The molecule has 1 aliphatic heterocycles. The standard InChI is InChI=1S/C44H53N5O9Si/c1-10-25-54-39-35-38(46-41(47-39)48-42(51)55-26-11-2)49(28-45-35)40-36(50)37(58-59(8,9)43(3,4)5)34(57-40)27-56-44(29-15-13-12-14-16-29,30-17-21-32(52-6)22-18-30)31-19-23-33(53-7)24-20-31/h10-24,28,34,36-37,40,50H,1-2,25-27H2,3-9H3,(H,46,47,48,51)/t34-,36-,37-,40-/m1/s1. The zero-order valence-corrected chi connectivity index (χ0v) is 35.6. The first-order chi connectivity index (χ1) is 28.3. The Morgan fingerprint density at radius 2 is 1.49 bits per heavy atom. The number of benzene rings is 3. The smallest absolute Gasteiger partial charge is 0.414 e. The van der Waals surface area contributed by atoms with Gasteiger partial charge in [-0.2, -0.15) is 9.97 Å². The van der Waals surface area contributed by atoms with E-state index in [9.17, 15) is 9.90 Å². The number of carbonyl (C=O) groups is 1. The summed E-state index contributed by atoms with van der Waals surface area (Å²) < 4.78 is 44.7. The van der Waals surface area contributed by atoms with E-state index in [1.165, 1.54) is 12.4 Å². The lowest BCUT2D eigenvalue weighted by Crippen LogP contribution is -2.50. The van der Waals surface area contributed by atoms with Gasteiger partial charge in [0.2, 0.25) is 11.8 Å². The maximum Gasteiger partial charge on any atom is 0.414 e. The molecule has 59 heavy (non-hydrogen) atoms. The zero-order valence-electron chi connectivity index (χ0n) is 34.6. The number of nitrogens with one attached hydrogen (secondary N) is 1. The van der Waals surface area contributed by atoms with Gasteiger partial charge in [-0.15, -0.1) is 0 Å². The van der Waals surface area contributed by atoms with E-state index in [-0.39, 0.29) is 47.9 Å². The van der Waals surface area contributed by atoms with Crippen LogP contribution in [0, 0.1) is 0 Å². The van der Waals surface area contributed by atoms with Crippen molar-refractivity contribution >= 4 is 31.5 Å². The summed E-state index contributed by atoms with van der Waals surface area (Å²) >= 11 is 0. The van der Waals surface area contributed by atoms with Crippen molar-refractivity contribution in [3.8, 4) is 17.4 Å². The predicted octanol–water partition coefficient (Wildman–Crippen LogP) is 7.80. The minimum atomic E-state index is -2.54. The van der Waals surface area contributed by atoms with Crippen LogP contribution in [0.5, 0.6) is 17.4 Å². The summed E-state index contributed by atoms with van der Waals surface area (Å²) in [5.74, 6) is 1.36. The van der Waals surface area contributed by atoms with Gasteiger partial charge >= 0.3 is 6.09 Å². The van der Waals surface area contributed by atoms with Crippen LogP contribution in [0.15, 0.2) is 111 Å². The molecule has 6 rings (SSSR count). The summed E-state index contributed by atoms with van der Waals surface area (Å²) in [5.41, 5.74) is 1.87. The van der Waals surface area contributed by atoms with Crippen LogP contribution in [0.2, 0.25) is 18.1 Å². The maximum absolute atomic E-state index is 12.5. The molecule has 312 valence electrons. The summed E-state index contributed by atoms with van der Waals surface area (Å²) in [6.45, 7) is 18.0. The highest BCUT2D eigenvalue weighted by atomic mass is 28.4. The lowest BCUT2D eigenvalue weighted by Gasteiger charge is -2.41. The second-order valence-electron chi connectivity index (χ2n) is 15.5. The van der Waals surface area contributed by atoms with Gasteiger partial charge in [-0.05, 0) is 59.1 Å². The van der Waals surface area contributed by atoms with E-state index in [0.717, 1.165) is 16.7 Å². The molecule has 1 fully saturated rings. The molecule has 0 spiro atoms. The molecule has 2 N–H and O–H groups in total. The van der Waals surface area contributed by atoms with E-state index < -0.39 is 44.6 Å². The highest BCUT2D eigenvalue weighted by Crippen LogP contribution is 2.45. The molecule has 1 amide bonds. The molecule has 0 bridgehead atoms. The Bertz CT molecular complexity index is 2160. The lowest BCUT2D eigenvalue weighted by molar-refractivity contribution is -0.0930. The number of ether oxygens (including phenoxy) is 6. The second-order valence-corrected chi connectivity index (χ2v) is 20.3. The van der Waals surface area contributed by atoms with Gasteiger partial charge in [0.05, 0.1) is 27.2 Å². The SMILES string of the molecule is C=CCOC(=O)Nc1nc(OCC=C)c2ncn([C@@H]3O[C@H](COC(c4ccccc4)(c4ccc(OC)cc4)c4ccc(OC)cc4)[C@@H](O[Si](C)(C)C(C)(C)C)[C@H]3O)c2n1. The first-order valence-electron chi connectivity index (χ1n) is 19.3. The van der Waals surface area contributed by atoms with Crippen molar-refractivity contribution in [3.05, 3.63) is 127 Å². The van der Waals surface area contributed by atoms with Gasteiger partial charge in [-0.3, -0.25) is 9.88 Å². The van der Waals surface area contributed by atoms with Crippen LogP contribution in [-0.2, 0) is 24.2 Å². The summed E-state index contributed by atoms with van der Waals surface area (Å²) in [7, 11) is 0.709. The Morgan fingerprint density at radius 1 is 0.898 bits per heavy atom. The van der Waals surface area contributed by atoms with Gasteiger partial charge in [0, 0.05) is 0 Å². The quantitative estimate of drug-likeness (QED) is 0.0534. The number of aliphatic hydroxyl groups excluding tert-OH is 1. The number of fused-ring (bicyclic) bond motifs is 1. The molecule has 15 heteroatoms. The minimum absolute atomic E-state index is 0.0168. The molecule has 5 aromatic rings. The molecule has 14 nitrogen and oxygen atoms in total. The van der Waals surface area contributed by atoms with Gasteiger partial charge in [-0.1, -0.05) is 101 Å². The molecule has 1 aliphatic rings. The number of anilines is 1. The molecule has 0 aliphatic carbocycles. The Hall–Kier alpha value is -5.58. The van der Waals surface area contributed by atoms with Crippen molar-refractivity contribution < 1.29 is 42.7 Å². The zero-order chi connectivity index (χ0) is 42.4. The number of nitrogens with zero attached hydrogens (tertiary/aromatic N) is 4. The molecule has 4 atom stereocenters. The highest BCUT2D eigenvalue weighted by molar-refractivity contribution is 6.74. The van der Waals surface area contributed by atoms with Gasteiger partial charge in [0.15, 0.2) is 25.7 Å². The number of amides is 1. The van der Waals surface area contributed by atoms with Crippen molar-refractivity contribution in [3.63, 3.8) is 0 Å². The fraction of sp³-hybridized carbons (Fsp3) is 0.364. The molecular weight excluding hydrogens is 771 g/mol. The molecule has 0 saturated carbocycles. The Balaban J connectivity index is 1.45. The van der Waals surface area contributed by atoms with E-state index in [0.29, 0.717) is 11.5 Å². The van der Waals surface area contributed by atoms with E-state index in [1.807, 2.05) is 78.9 Å². The first-order valence-corrected chi connectivity index (χ1v) is 22.2. The number of hydrogen-bond acceptors (Lipinski definition) is 12. The van der Waals surface area contributed by atoms with Crippen molar-refractivity contribution in [1.82, 2.24) is 19.5 Å². The number of hydrogen-bond donors (Lipinski definition) is 2. The third-order valence-electron chi connectivity index (χ3n) is 10.7. The Labute approximate surface area is 345 Å². The summed E-state index contributed by atoms with van der Waals surface area (Å²) in [6, 6.07) is 25.5. The Kier molecular flexibility index (Phi) is 13.2. The number of carbonyl (C=O) groups excluding carboxylic acids is 1. The van der Waals surface area contributed by atoms with Crippen LogP contribution in [0.1, 0.15) is 43.7 Å². The van der Waals surface area contributed by atoms with E-state index in [2.05, 4.69) is 67.3 Å². The first kappa shape index (κ1) is 43.0. The van der Waals surface area contributed by atoms with Gasteiger partial charge in [0.25, 0.3) is 0 Å². The fourth-order valence-corrected chi connectivity index (χ4v) is 7.99. The number of aliphatic hydroxyl groups is 1. The summed E-state index contributed by atoms with van der Waals surface area (Å²) in [6.07, 6.45) is -0.225. The molecule has 0 radical (unpaired) electrons. The topological polar surface area (TPSA) is 158 Å². The largest absolute Gasteiger partial charge is 0.497 e. The molecule has 3 heterocycles. The van der Waals surface area contributed by atoms with Gasteiger partial charge in [0.1, 0.15) is 48.6 Å². The lowest BCUT2D eigenvalue weighted by atomic mass is 9.80. The molecule has 2 aromatic heterocycles. The molecule has 3 aromatic carbocycles. The number of imidazole rings is 1. The third-order valence-corrected chi connectivity index (χ3v) is 15.2. The molecule has 0 unspecified atom stereocenters. The van der Waals surface area contributed by atoms with Crippen molar-refractivity contribution in [2.45, 2.75) is 69.0 Å². The molecular formula is C44H53N5O9Si. The highest BCUT2D eigenvalue weighted by Gasteiger charge is 2.52. The molecule has 1 saturated heterocycles. The van der Waals surface area contributed by atoms with Crippen LogP contribution in [0.3, 0.4) is 0 Å². The average molecular weight is 824 g/mol. The second kappa shape index (κ2) is 18.1. The van der Waals surface area contributed by atoms with Gasteiger partial charge in [-0.25, -0.2) is 9.78 Å². The minimum Gasteiger partial charge on any atom is -0.497 e. The van der Waals surface area contributed by atoms with Crippen LogP contribution < -0.4 is 19.5 Å². The van der Waals surface area contributed by atoms with Gasteiger partial charge < -0.3 is 38.0 Å². The van der Waals surface area contributed by atoms with Crippen molar-refractivity contribution in [1.29, 1.82) is 0 Å². The number of rotatable bonds is 17. The fourth-order valence-electron chi connectivity index (χ4n) is 6.66. The summed E-state index contributed by atoms with van der Waals surface area (Å²) in [5, 5.41) is 14.7. The van der Waals surface area contributed by atoms with Crippen molar-refractivity contribution in [2.24, 2.45) is 0 Å². The van der Waals surface area contributed by atoms with Crippen LogP contribution in [-0.4, -0.2) is 91.4 Å². The van der Waals surface area contributed by atoms with Crippen LogP contribution in [0.4, 0.5) is 10.7 Å². The van der Waals surface area contributed by atoms with Crippen LogP contribution >= 0.6 is 0 Å². The van der Waals surface area contributed by atoms with E-state index in [1.54, 1.807) is 24.9 Å². The third kappa shape index (κ3) is 9.04. The van der Waals surface area contributed by atoms with E-state index in [4.69, 9.17) is 32.8 Å². The Morgan fingerprint density at radius 3 is 2.05 bits per heavy atom. The average Bonchev–Trinajstić information content (AvgIpc) is 3.79. The number of aromatic nitrogens is 4. The maximum atomic E-state index is 12.5. The van der Waals surface area contributed by atoms with Crippen LogP contribution in [0.25, 0.3) is 11.2 Å². The number of methoxy groups -OCH3 is 2.